The van der Waals surface area contributed by atoms with Crippen LogP contribution in [0.5, 0.6) is 0 Å². The molecule has 5 nitrogen and oxygen atoms in total. The average molecular weight is 364 g/mol. The number of aryl methyl sites for hydroxylation is 1. The Morgan fingerprint density at radius 2 is 1.71 bits per heavy atom. The zero-order valence-electron chi connectivity index (χ0n) is 13.6. The lowest BCUT2D eigenvalue weighted by atomic mass is 10.1. The van der Waals surface area contributed by atoms with Gasteiger partial charge in [-0.3, -0.25) is 4.57 Å². The Balaban J connectivity index is 2.84. The van der Waals surface area contributed by atoms with Gasteiger partial charge in [0.25, 0.3) is 0 Å². The molecule has 0 radical (unpaired) electrons. The van der Waals surface area contributed by atoms with E-state index in [4.69, 9.17) is 14.8 Å². The predicted octanol–water partition coefficient (Wildman–Crippen LogP) is 4.12. The molecule has 24 heavy (non-hydrogen) atoms. The molecule has 2 aromatic rings. The Bertz CT molecular complexity index is 765. The van der Waals surface area contributed by atoms with Crippen LogP contribution in [-0.4, -0.2) is 24.0 Å². The fourth-order valence-electron chi connectivity index (χ4n) is 2.68. The molecule has 1 atom stereocenters. The van der Waals surface area contributed by atoms with Crippen molar-refractivity contribution < 1.29 is 26.8 Å². The molecule has 2 N–H and O–H groups in total. The van der Waals surface area contributed by atoms with Gasteiger partial charge in [-0.2, -0.15) is 13.2 Å². The Morgan fingerprint density at radius 1 is 1.17 bits per heavy atom. The number of nitrogens with two attached hydrogens (primary N) is 1. The van der Waals surface area contributed by atoms with Crippen LogP contribution in [0, 0.1) is 0 Å². The van der Waals surface area contributed by atoms with Gasteiger partial charge in [0.05, 0.1) is 13.2 Å². The van der Waals surface area contributed by atoms with Crippen LogP contribution in [0.25, 0.3) is 10.9 Å². The molecular weight excluding hydrogens is 344 g/mol. The predicted molar refractivity (Wildman–Crippen MR) is 85.7 cm³/mol. The lowest BCUT2D eigenvalue weighted by molar-refractivity contribution is -0.169. The van der Waals surface area contributed by atoms with Crippen molar-refractivity contribution in [3.63, 3.8) is 0 Å². The minimum Gasteiger partial charge on any atom is -0.350 e. The van der Waals surface area contributed by atoms with Crippen molar-refractivity contribution in [3.05, 3.63) is 36.0 Å². The van der Waals surface area contributed by atoms with Gasteiger partial charge in [-0.05, 0) is 19.9 Å². The van der Waals surface area contributed by atoms with Crippen LogP contribution in [0.1, 0.15) is 19.4 Å². The fourth-order valence-corrected chi connectivity index (χ4v) is 4.63. The molecule has 0 saturated carbocycles. The molecule has 0 aliphatic rings. The zero-order chi connectivity index (χ0) is 18.2. The summed E-state index contributed by atoms with van der Waals surface area (Å²) in [5, 5.41) is -3.02. The molecule has 1 unspecified atom stereocenters. The molecule has 0 aliphatic heterocycles. The van der Waals surface area contributed by atoms with Crippen molar-refractivity contribution in [1.82, 2.24) is 4.57 Å². The normalized spacial score (nSPS) is 15.6. The van der Waals surface area contributed by atoms with Gasteiger partial charge in [0.1, 0.15) is 0 Å². The summed E-state index contributed by atoms with van der Waals surface area (Å²) in [6, 6.07) is 6.44. The van der Waals surface area contributed by atoms with Gasteiger partial charge >= 0.3 is 13.8 Å². The Labute approximate surface area is 138 Å². The molecule has 1 aromatic carbocycles. The first-order valence-corrected chi connectivity index (χ1v) is 8.96. The van der Waals surface area contributed by atoms with Crippen molar-refractivity contribution in [2.75, 3.05) is 13.2 Å². The van der Waals surface area contributed by atoms with Gasteiger partial charge in [-0.15, -0.1) is 0 Å². The smallest absolute Gasteiger partial charge is 0.350 e. The standard InChI is InChI=1S/C15H20F3N2O3P/c1-4-22-24(21,23-5-2)14(19,15(16,17)18)12-10-20(3)13-9-7-6-8-11(12)13/h6-10H,4-5,19H2,1-3H3. The van der Waals surface area contributed by atoms with E-state index in [0.29, 0.717) is 5.52 Å². The second-order valence-electron chi connectivity index (χ2n) is 5.27. The number of para-hydroxylation sites is 1. The summed E-state index contributed by atoms with van der Waals surface area (Å²) < 4.78 is 66.5. The maximum atomic E-state index is 14.0. The molecule has 134 valence electrons. The van der Waals surface area contributed by atoms with E-state index in [1.54, 1.807) is 25.2 Å². The summed E-state index contributed by atoms with van der Waals surface area (Å²) in [6.45, 7) is 2.42. The summed E-state index contributed by atoms with van der Waals surface area (Å²) in [6.07, 6.45) is -3.82. The molecule has 1 heterocycles. The maximum Gasteiger partial charge on any atom is 0.422 e. The quantitative estimate of drug-likeness (QED) is 0.783. The van der Waals surface area contributed by atoms with Gasteiger partial charge in [-0.1, -0.05) is 18.2 Å². The molecule has 0 aliphatic carbocycles. The minimum absolute atomic E-state index is 0.225. The molecule has 1 aromatic heterocycles. The van der Waals surface area contributed by atoms with Gasteiger partial charge in [-0.25, -0.2) is 0 Å². The summed E-state index contributed by atoms with van der Waals surface area (Å²) in [7, 11) is -3.14. The van der Waals surface area contributed by atoms with Crippen LogP contribution < -0.4 is 5.73 Å². The summed E-state index contributed by atoms with van der Waals surface area (Å²) >= 11 is 0. The van der Waals surface area contributed by atoms with Crippen LogP contribution >= 0.6 is 7.60 Å². The number of nitrogens with zero attached hydrogens (tertiary/aromatic N) is 1. The lowest BCUT2D eigenvalue weighted by Crippen LogP contribution is -2.51. The van der Waals surface area contributed by atoms with Gasteiger partial charge < -0.3 is 19.3 Å². The molecule has 0 bridgehead atoms. The minimum atomic E-state index is -5.04. The van der Waals surface area contributed by atoms with E-state index in [0.717, 1.165) is 0 Å². The number of rotatable bonds is 6. The highest BCUT2D eigenvalue weighted by Crippen LogP contribution is 2.68. The van der Waals surface area contributed by atoms with Crippen LogP contribution in [0.2, 0.25) is 0 Å². The first-order chi connectivity index (χ1) is 11.1. The highest BCUT2D eigenvalue weighted by Gasteiger charge is 2.67. The van der Waals surface area contributed by atoms with Crippen LogP contribution in [0.15, 0.2) is 30.5 Å². The SMILES string of the molecule is CCOP(=O)(OCC)C(N)(c1cn(C)c2ccccc12)C(F)(F)F. The molecular formula is C15H20F3N2O3P. The van der Waals surface area contributed by atoms with E-state index >= 15 is 0 Å². The molecule has 0 saturated heterocycles. The van der Waals surface area contributed by atoms with Gasteiger partial charge in [0.2, 0.25) is 5.28 Å². The van der Waals surface area contributed by atoms with Crippen LogP contribution in [0.3, 0.4) is 0 Å². The Hall–Kier alpha value is -1.34. The number of aromatic nitrogens is 1. The third-order valence-corrected chi connectivity index (χ3v) is 6.32. The second kappa shape index (κ2) is 6.52. The van der Waals surface area contributed by atoms with E-state index in [1.807, 2.05) is 0 Å². The van der Waals surface area contributed by atoms with E-state index in [9.17, 15) is 17.7 Å². The molecule has 0 spiro atoms. The number of benzene rings is 1. The summed E-state index contributed by atoms with van der Waals surface area (Å²) in [5.41, 5.74) is 5.97. The fraction of sp³-hybridized carbons (Fsp3) is 0.467. The van der Waals surface area contributed by atoms with Crippen molar-refractivity contribution >= 4 is 18.5 Å². The van der Waals surface area contributed by atoms with Crippen molar-refractivity contribution in [2.45, 2.75) is 25.3 Å². The van der Waals surface area contributed by atoms with E-state index in [-0.39, 0.29) is 24.2 Å². The third kappa shape index (κ3) is 2.77. The molecule has 0 fully saturated rings. The topological polar surface area (TPSA) is 66.5 Å². The van der Waals surface area contributed by atoms with Gasteiger partial charge in [0, 0.05) is 29.7 Å². The summed E-state index contributed by atoms with van der Waals surface area (Å²) in [4.78, 5) is 0. The number of hydrogen-bond donors (Lipinski definition) is 1. The van der Waals surface area contributed by atoms with Crippen molar-refractivity contribution in [1.29, 1.82) is 0 Å². The van der Waals surface area contributed by atoms with Crippen LogP contribution in [0.4, 0.5) is 13.2 Å². The average Bonchev–Trinajstić information content (AvgIpc) is 2.83. The first kappa shape index (κ1) is 19.0. The van der Waals surface area contributed by atoms with Crippen molar-refractivity contribution in [3.8, 4) is 0 Å². The number of fused-ring (bicyclic) bond motifs is 1. The Kier molecular flexibility index (Phi) is 5.16. The number of halogens is 3. The van der Waals surface area contributed by atoms with Crippen molar-refractivity contribution in [2.24, 2.45) is 12.8 Å². The zero-order valence-corrected chi connectivity index (χ0v) is 14.5. The largest absolute Gasteiger partial charge is 0.422 e. The highest BCUT2D eigenvalue weighted by atomic mass is 31.2. The monoisotopic (exact) mass is 364 g/mol. The third-order valence-electron chi connectivity index (χ3n) is 3.77. The summed E-state index contributed by atoms with van der Waals surface area (Å²) in [5.74, 6) is 0. The Morgan fingerprint density at radius 3 is 2.21 bits per heavy atom. The van der Waals surface area contributed by atoms with E-state index in [2.05, 4.69) is 0 Å². The lowest BCUT2D eigenvalue weighted by Gasteiger charge is -2.36. The molecule has 9 heteroatoms. The number of alkyl halides is 3. The molecule has 2 rings (SSSR count). The first-order valence-electron chi connectivity index (χ1n) is 7.41. The van der Waals surface area contributed by atoms with Gasteiger partial charge in [0.15, 0.2) is 0 Å². The van der Waals surface area contributed by atoms with Crippen LogP contribution in [-0.2, 0) is 25.9 Å². The molecule has 0 amide bonds. The number of hydrogen-bond acceptors (Lipinski definition) is 4. The second-order valence-corrected chi connectivity index (χ2v) is 7.48. The van der Waals surface area contributed by atoms with E-state index < -0.39 is 19.1 Å². The van der Waals surface area contributed by atoms with E-state index in [1.165, 1.54) is 30.7 Å². The maximum absolute atomic E-state index is 14.0. The highest BCUT2D eigenvalue weighted by molar-refractivity contribution is 7.55.